The first kappa shape index (κ1) is 19.2. The number of ether oxygens (including phenoxy) is 1. The van der Waals surface area contributed by atoms with Gasteiger partial charge in [-0.05, 0) is 76.4 Å². The maximum Gasteiger partial charge on any atom is 0.241 e. The minimum absolute atomic E-state index is 0.0347. The number of aromatic nitrogens is 2. The van der Waals surface area contributed by atoms with Crippen molar-refractivity contribution in [3.63, 3.8) is 0 Å². The highest BCUT2D eigenvalue weighted by Crippen LogP contribution is 2.26. The van der Waals surface area contributed by atoms with Crippen LogP contribution in [0.5, 0.6) is 0 Å². The minimum atomic E-state index is -0.0347. The van der Waals surface area contributed by atoms with Gasteiger partial charge in [0.05, 0.1) is 17.4 Å². The van der Waals surface area contributed by atoms with Gasteiger partial charge in [-0.3, -0.25) is 9.69 Å². The van der Waals surface area contributed by atoms with Crippen LogP contribution in [0.25, 0.3) is 5.69 Å². The van der Waals surface area contributed by atoms with Crippen molar-refractivity contribution in [2.24, 2.45) is 0 Å². The monoisotopic (exact) mass is 382 g/mol. The lowest BCUT2D eigenvalue weighted by Crippen LogP contribution is -2.53. The van der Waals surface area contributed by atoms with Gasteiger partial charge in [-0.25, -0.2) is 4.68 Å². The van der Waals surface area contributed by atoms with Crippen molar-refractivity contribution in [1.82, 2.24) is 14.7 Å². The van der Waals surface area contributed by atoms with Crippen LogP contribution in [-0.4, -0.2) is 52.4 Å². The van der Waals surface area contributed by atoms with Crippen LogP contribution < -0.4 is 5.32 Å². The summed E-state index contributed by atoms with van der Waals surface area (Å²) in [5.74, 6) is 0.116. The van der Waals surface area contributed by atoms with Gasteiger partial charge in [-0.1, -0.05) is 6.42 Å². The Bertz CT molecular complexity index is 808. The molecule has 6 nitrogen and oxygen atoms in total. The molecule has 2 saturated heterocycles. The second kappa shape index (κ2) is 8.45. The van der Waals surface area contributed by atoms with Crippen LogP contribution in [-0.2, 0) is 9.53 Å². The molecular weight excluding hydrogens is 352 g/mol. The quantitative estimate of drug-likeness (QED) is 0.880. The van der Waals surface area contributed by atoms with E-state index in [4.69, 9.17) is 4.74 Å². The number of rotatable bonds is 4. The molecule has 1 aromatic heterocycles. The normalized spacial score (nSPS) is 21.6. The SMILES string of the molecule is Cc1cc(C)n(-c2ccc(NC(=O)C3CCCCN3C3CCOCC3)cc2)n1. The lowest BCUT2D eigenvalue weighted by Gasteiger charge is -2.41. The highest BCUT2D eigenvalue weighted by Gasteiger charge is 2.34. The molecule has 2 aliphatic heterocycles. The Morgan fingerprint density at radius 3 is 2.54 bits per heavy atom. The number of hydrogen-bond donors (Lipinski definition) is 1. The van der Waals surface area contributed by atoms with E-state index in [1.54, 1.807) is 0 Å². The fourth-order valence-electron chi connectivity index (χ4n) is 4.49. The average Bonchev–Trinajstić information content (AvgIpc) is 3.07. The first-order valence-corrected chi connectivity index (χ1v) is 10.4. The second-order valence-corrected chi connectivity index (χ2v) is 7.97. The van der Waals surface area contributed by atoms with Crippen molar-refractivity contribution in [3.8, 4) is 5.69 Å². The molecule has 0 aliphatic carbocycles. The topological polar surface area (TPSA) is 59.4 Å². The Morgan fingerprint density at radius 2 is 1.86 bits per heavy atom. The van der Waals surface area contributed by atoms with Gasteiger partial charge in [0.25, 0.3) is 0 Å². The molecule has 2 aliphatic rings. The van der Waals surface area contributed by atoms with Crippen LogP contribution in [0.1, 0.15) is 43.5 Å². The number of nitrogens with zero attached hydrogens (tertiary/aromatic N) is 3. The molecule has 4 rings (SSSR count). The Balaban J connectivity index is 1.44. The summed E-state index contributed by atoms with van der Waals surface area (Å²) >= 11 is 0. The summed E-state index contributed by atoms with van der Waals surface area (Å²) in [7, 11) is 0. The largest absolute Gasteiger partial charge is 0.381 e. The van der Waals surface area contributed by atoms with E-state index >= 15 is 0 Å². The Morgan fingerprint density at radius 1 is 1.11 bits per heavy atom. The predicted octanol–water partition coefficient (Wildman–Crippen LogP) is 3.46. The third kappa shape index (κ3) is 4.13. The van der Waals surface area contributed by atoms with Gasteiger partial charge >= 0.3 is 0 Å². The van der Waals surface area contributed by atoms with E-state index < -0.39 is 0 Å². The van der Waals surface area contributed by atoms with Crippen LogP contribution in [0.4, 0.5) is 5.69 Å². The number of amides is 1. The summed E-state index contributed by atoms with van der Waals surface area (Å²) in [4.78, 5) is 15.5. The second-order valence-electron chi connectivity index (χ2n) is 7.97. The molecular formula is C22H30N4O2. The van der Waals surface area contributed by atoms with E-state index in [2.05, 4.69) is 21.4 Å². The molecule has 3 heterocycles. The molecule has 1 amide bonds. The average molecular weight is 383 g/mol. The van der Waals surface area contributed by atoms with Crippen LogP contribution in [0.3, 0.4) is 0 Å². The Kier molecular flexibility index (Phi) is 5.78. The third-order valence-corrected chi connectivity index (χ3v) is 5.90. The van der Waals surface area contributed by atoms with Gasteiger partial charge in [0.2, 0.25) is 5.91 Å². The molecule has 0 bridgehead atoms. The van der Waals surface area contributed by atoms with Crippen molar-refractivity contribution in [2.45, 2.75) is 58.0 Å². The van der Waals surface area contributed by atoms with Gasteiger partial charge in [-0.2, -0.15) is 5.10 Å². The standard InChI is InChI=1S/C22H30N4O2/c1-16-15-17(2)26(24-16)20-8-6-18(7-9-20)23-22(27)21-5-3-4-12-25(21)19-10-13-28-14-11-19/h6-9,15,19,21H,3-5,10-14H2,1-2H3,(H,23,27). The fraction of sp³-hybridized carbons (Fsp3) is 0.545. The van der Waals surface area contributed by atoms with Crippen LogP contribution in [0, 0.1) is 13.8 Å². The molecule has 0 saturated carbocycles. The van der Waals surface area contributed by atoms with Crippen molar-refractivity contribution in [3.05, 3.63) is 41.7 Å². The molecule has 2 aromatic rings. The van der Waals surface area contributed by atoms with Crippen molar-refractivity contribution < 1.29 is 9.53 Å². The van der Waals surface area contributed by atoms with Gasteiger partial charge in [0.15, 0.2) is 0 Å². The number of anilines is 1. The fourth-order valence-corrected chi connectivity index (χ4v) is 4.49. The number of likely N-dealkylation sites (tertiary alicyclic amines) is 1. The Hall–Kier alpha value is -2.18. The number of carbonyl (C=O) groups excluding carboxylic acids is 1. The van der Waals surface area contributed by atoms with Gasteiger partial charge < -0.3 is 10.1 Å². The van der Waals surface area contributed by atoms with Crippen molar-refractivity contribution in [1.29, 1.82) is 0 Å². The lowest BCUT2D eigenvalue weighted by molar-refractivity contribution is -0.124. The summed E-state index contributed by atoms with van der Waals surface area (Å²) in [5, 5.41) is 7.66. The Labute approximate surface area is 166 Å². The number of aryl methyl sites for hydroxylation is 2. The van der Waals surface area contributed by atoms with Gasteiger partial charge in [0, 0.05) is 30.6 Å². The molecule has 0 spiro atoms. The highest BCUT2D eigenvalue weighted by molar-refractivity contribution is 5.95. The van der Waals surface area contributed by atoms with Crippen molar-refractivity contribution in [2.75, 3.05) is 25.1 Å². The highest BCUT2D eigenvalue weighted by atomic mass is 16.5. The molecule has 6 heteroatoms. The zero-order chi connectivity index (χ0) is 19.5. The zero-order valence-electron chi connectivity index (χ0n) is 16.9. The lowest BCUT2D eigenvalue weighted by atomic mass is 9.96. The van der Waals surface area contributed by atoms with Crippen LogP contribution >= 0.6 is 0 Å². The molecule has 1 N–H and O–H groups in total. The van der Waals surface area contributed by atoms with E-state index in [9.17, 15) is 4.79 Å². The number of benzene rings is 1. The van der Waals surface area contributed by atoms with Gasteiger partial charge in [-0.15, -0.1) is 0 Å². The van der Waals surface area contributed by atoms with E-state index in [0.29, 0.717) is 6.04 Å². The molecule has 0 radical (unpaired) electrons. The van der Waals surface area contributed by atoms with Crippen LogP contribution in [0.2, 0.25) is 0 Å². The smallest absolute Gasteiger partial charge is 0.241 e. The van der Waals surface area contributed by atoms with E-state index in [1.807, 2.05) is 42.8 Å². The number of hydrogen-bond acceptors (Lipinski definition) is 4. The summed E-state index contributed by atoms with van der Waals surface area (Å²) in [5.41, 5.74) is 3.95. The first-order valence-electron chi connectivity index (χ1n) is 10.4. The maximum absolute atomic E-state index is 13.0. The molecule has 2 fully saturated rings. The number of piperidine rings is 1. The molecule has 28 heavy (non-hydrogen) atoms. The third-order valence-electron chi connectivity index (χ3n) is 5.90. The van der Waals surface area contributed by atoms with Crippen molar-refractivity contribution >= 4 is 11.6 Å². The van der Waals surface area contributed by atoms with E-state index in [1.165, 1.54) is 6.42 Å². The number of nitrogens with one attached hydrogen (secondary N) is 1. The molecule has 1 unspecified atom stereocenters. The maximum atomic E-state index is 13.0. The summed E-state index contributed by atoms with van der Waals surface area (Å²) in [6, 6.07) is 10.4. The minimum Gasteiger partial charge on any atom is -0.381 e. The first-order chi connectivity index (χ1) is 13.6. The van der Waals surface area contributed by atoms with E-state index in [0.717, 1.165) is 68.2 Å². The molecule has 1 atom stereocenters. The van der Waals surface area contributed by atoms with E-state index in [-0.39, 0.29) is 11.9 Å². The summed E-state index contributed by atoms with van der Waals surface area (Å²) < 4.78 is 7.43. The molecule has 150 valence electrons. The van der Waals surface area contributed by atoms with Crippen LogP contribution in [0.15, 0.2) is 30.3 Å². The molecule has 1 aromatic carbocycles. The van der Waals surface area contributed by atoms with Gasteiger partial charge in [0.1, 0.15) is 0 Å². The predicted molar refractivity (Wildman–Crippen MR) is 110 cm³/mol. The zero-order valence-corrected chi connectivity index (χ0v) is 16.9. The number of carbonyl (C=O) groups is 1. The summed E-state index contributed by atoms with van der Waals surface area (Å²) in [6.45, 7) is 6.67. The summed E-state index contributed by atoms with van der Waals surface area (Å²) in [6.07, 6.45) is 5.29.